The quantitative estimate of drug-likeness (QED) is 0.661. The van der Waals surface area contributed by atoms with Crippen LogP contribution < -0.4 is 11.3 Å². The van der Waals surface area contributed by atoms with Gasteiger partial charge in [0, 0.05) is 11.3 Å². The van der Waals surface area contributed by atoms with E-state index in [2.05, 4.69) is 20.4 Å². The van der Waals surface area contributed by atoms with Gasteiger partial charge in [-0.1, -0.05) is 29.9 Å². The van der Waals surface area contributed by atoms with Crippen LogP contribution in [0.4, 0.5) is 5.82 Å². The summed E-state index contributed by atoms with van der Waals surface area (Å²) < 4.78 is 0.615. The zero-order chi connectivity index (χ0) is 12.4. The fourth-order valence-corrected chi connectivity index (χ4v) is 2.35. The molecule has 0 fully saturated rings. The van der Waals surface area contributed by atoms with Crippen molar-refractivity contribution in [2.75, 3.05) is 5.43 Å². The maximum Gasteiger partial charge on any atom is 0.191 e. The first kappa shape index (κ1) is 12.2. The number of hydrogen-bond acceptors (Lipinski definition) is 6. The predicted octanol–water partition coefficient (Wildman–Crippen LogP) is 2.41. The van der Waals surface area contributed by atoms with Crippen molar-refractivity contribution in [2.24, 2.45) is 5.84 Å². The van der Waals surface area contributed by atoms with E-state index in [1.54, 1.807) is 6.20 Å². The van der Waals surface area contributed by atoms with Crippen molar-refractivity contribution in [3.05, 3.63) is 21.8 Å². The average molecular weight is 270 g/mol. The number of nitrogen functional groups attached to an aromatic ring is 1. The number of thiazole rings is 1. The smallest absolute Gasteiger partial charge is 0.191 e. The summed E-state index contributed by atoms with van der Waals surface area (Å²) in [6.07, 6.45) is 2.40. The monoisotopic (exact) mass is 269 g/mol. The molecule has 0 saturated heterocycles. The second-order valence-electron chi connectivity index (χ2n) is 3.43. The SMILES string of the molecule is CCc1nc(-c2ncc(Cl)s2)nc(NN)c1C. The Balaban J connectivity index is 2.55. The maximum atomic E-state index is 5.85. The summed E-state index contributed by atoms with van der Waals surface area (Å²) in [5.41, 5.74) is 4.49. The lowest BCUT2D eigenvalue weighted by molar-refractivity contribution is 0.971. The number of anilines is 1. The zero-order valence-corrected chi connectivity index (χ0v) is 11.1. The standard InChI is InChI=1S/C10H12ClN5S/c1-3-6-5(2)8(16-12)15-9(14-6)10-13-4-7(11)17-10/h4H,3,12H2,1-2H3,(H,14,15,16). The van der Waals surface area contributed by atoms with Gasteiger partial charge in [-0.15, -0.1) is 0 Å². The average Bonchev–Trinajstić information content (AvgIpc) is 2.76. The molecule has 0 atom stereocenters. The Labute approximate surface area is 108 Å². The zero-order valence-electron chi connectivity index (χ0n) is 9.49. The molecule has 0 aliphatic carbocycles. The largest absolute Gasteiger partial charge is 0.308 e. The highest BCUT2D eigenvalue weighted by Gasteiger charge is 2.12. The minimum absolute atomic E-state index is 0.553. The minimum Gasteiger partial charge on any atom is -0.308 e. The maximum absolute atomic E-state index is 5.85. The van der Waals surface area contributed by atoms with Crippen LogP contribution in [0.1, 0.15) is 18.2 Å². The van der Waals surface area contributed by atoms with Crippen molar-refractivity contribution >= 4 is 28.8 Å². The van der Waals surface area contributed by atoms with Gasteiger partial charge in [0.05, 0.1) is 6.20 Å². The molecular weight excluding hydrogens is 258 g/mol. The first-order valence-corrected chi connectivity index (χ1v) is 6.31. The van der Waals surface area contributed by atoms with Crippen LogP contribution in [0.3, 0.4) is 0 Å². The van der Waals surface area contributed by atoms with E-state index < -0.39 is 0 Å². The van der Waals surface area contributed by atoms with E-state index in [1.165, 1.54) is 11.3 Å². The molecule has 0 unspecified atom stereocenters. The van der Waals surface area contributed by atoms with Crippen molar-refractivity contribution in [1.82, 2.24) is 15.0 Å². The van der Waals surface area contributed by atoms with E-state index >= 15 is 0 Å². The molecule has 2 aromatic rings. The van der Waals surface area contributed by atoms with Crippen molar-refractivity contribution in [3.63, 3.8) is 0 Å². The molecule has 0 saturated carbocycles. The first-order chi connectivity index (χ1) is 8.15. The molecule has 0 aliphatic rings. The molecule has 0 radical (unpaired) electrons. The first-order valence-electron chi connectivity index (χ1n) is 5.11. The van der Waals surface area contributed by atoms with Gasteiger partial charge in [0.2, 0.25) is 0 Å². The lowest BCUT2D eigenvalue weighted by Crippen LogP contribution is -2.13. The highest BCUT2D eigenvalue weighted by atomic mass is 35.5. The highest BCUT2D eigenvalue weighted by Crippen LogP contribution is 2.27. The molecule has 3 N–H and O–H groups in total. The van der Waals surface area contributed by atoms with Crippen LogP contribution in [0, 0.1) is 6.92 Å². The number of rotatable bonds is 3. The molecule has 0 bridgehead atoms. The summed E-state index contributed by atoms with van der Waals surface area (Å²) in [7, 11) is 0. The van der Waals surface area contributed by atoms with Crippen molar-refractivity contribution < 1.29 is 0 Å². The van der Waals surface area contributed by atoms with E-state index in [4.69, 9.17) is 17.4 Å². The molecule has 0 aromatic carbocycles. The van der Waals surface area contributed by atoms with Gasteiger partial charge in [-0.25, -0.2) is 20.8 Å². The summed E-state index contributed by atoms with van der Waals surface area (Å²) in [4.78, 5) is 13.0. The lowest BCUT2D eigenvalue weighted by atomic mass is 10.2. The van der Waals surface area contributed by atoms with Crippen molar-refractivity contribution in [1.29, 1.82) is 0 Å². The Kier molecular flexibility index (Phi) is 3.56. The number of nitrogens with zero attached hydrogens (tertiary/aromatic N) is 3. The van der Waals surface area contributed by atoms with E-state index in [0.717, 1.165) is 17.7 Å². The molecule has 0 amide bonds. The molecule has 5 nitrogen and oxygen atoms in total. The fraction of sp³-hybridized carbons (Fsp3) is 0.300. The third kappa shape index (κ3) is 2.38. The molecule has 90 valence electrons. The Bertz CT molecular complexity index is 514. The van der Waals surface area contributed by atoms with Gasteiger partial charge >= 0.3 is 0 Å². The van der Waals surface area contributed by atoms with Crippen LogP contribution in [-0.4, -0.2) is 15.0 Å². The Hall–Kier alpha value is -1.24. The number of aromatic nitrogens is 3. The van der Waals surface area contributed by atoms with Gasteiger partial charge in [-0.05, 0) is 13.3 Å². The molecule has 2 rings (SSSR count). The normalized spacial score (nSPS) is 10.6. The van der Waals surface area contributed by atoms with Crippen LogP contribution in [0.25, 0.3) is 10.8 Å². The molecule has 17 heavy (non-hydrogen) atoms. The van der Waals surface area contributed by atoms with E-state index in [0.29, 0.717) is 21.0 Å². The summed E-state index contributed by atoms with van der Waals surface area (Å²) >= 11 is 7.19. The minimum atomic E-state index is 0.553. The van der Waals surface area contributed by atoms with Gasteiger partial charge < -0.3 is 5.43 Å². The molecule has 0 spiro atoms. The molecule has 2 aromatic heterocycles. The van der Waals surface area contributed by atoms with Gasteiger partial charge in [-0.3, -0.25) is 0 Å². The predicted molar refractivity (Wildman–Crippen MR) is 70.1 cm³/mol. The molecule has 0 aliphatic heterocycles. The molecule has 2 heterocycles. The molecular formula is C10H12ClN5S. The summed E-state index contributed by atoms with van der Waals surface area (Å²) in [6, 6.07) is 0. The summed E-state index contributed by atoms with van der Waals surface area (Å²) in [6.45, 7) is 3.97. The number of hydrogen-bond donors (Lipinski definition) is 2. The van der Waals surface area contributed by atoms with Crippen LogP contribution in [-0.2, 0) is 6.42 Å². The second-order valence-corrected chi connectivity index (χ2v) is 5.10. The third-order valence-electron chi connectivity index (χ3n) is 2.39. The number of halogens is 1. The topological polar surface area (TPSA) is 76.7 Å². The number of nitrogens with one attached hydrogen (secondary N) is 1. The number of nitrogens with two attached hydrogens (primary N) is 1. The van der Waals surface area contributed by atoms with Crippen molar-refractivity contribution in [2.45, 2.75) is 20.3 Å². The fourth-order valence-electron chi connectivity index (χ4n) is 1.50. The molecule has 7 heteroatoms. The summed E-state index contributed by atoms with van der Waals surface area (Å²) in [5.74, 6) is 6.62. The van der Waals surface area contributed by atoms with Crippen LogP contribution in [0.15, 0.2) is 6.20 Å². The van der Waals surface area contributed by atoms with Gasteiger partial charge in [0.25, 0.3) is 0 Å². The lowest BCUT2D eigenvalue weighted by Gasteiger charge is -2.09. The highest BCUT2D eigenvalue weighted by molar-refractivity contribution is 7.18. The third-order valence-corrected chi connectivity index (χ3v) is 3.50. The van der Waals surface area contributed by atoms with Gasteiger partial charge in [-0.2, -0.15) is 0 Å². The van der Waals surface area contributed by atoms with Gasteiger partial charge in [0.15, 0.2) is 10.8 Å². The van der Waals surface area contributed by atoms with E-state index in [-0.39, 0.29) is 0 Å². The Morgan fingerprint density at radius 2 is 2.24 bits per heavy atom. The Morgan fingerprint density at radius 3 is 2.76 bits per heavy atom. The van der Waals surface area contributed by atoms with Crippen molar-refractivity contribution in [3.8, 4) is 10.8 Å². The summed E-state index contributed by atoms with van der Waals surface area (Å²) in [5, 5.41) is 0.696. The van der Waals surface area contributed by atoms with Gasteiger partial charge in [0.1, 0.15) is 10.2 Å². The second kappa shape index (κ2) is 4.95. The number of aryl methyl sites for hydroxylation is 1. The van der Waals surface area contributed by atoms with Crippen LogP contribution in [0.2, 0.25) is 4.34 Å². The van der Waals surface area contributed by atoms with E-state index in [9.17, 15) is 0 Å². The van der Waals surface area contributed by atoms with Crippen LogP contribution >= 0.6 is 22.9 Å². The van der Waals surface area contributed by atoms with Crippen LogP contribution in [0.5, 0.6) is 0 Å². The van der Waals surface area contributed by atoms with E-state index in [1.807, 2.05) is 13.8 Å². The Morgan fingerprint density at radius 1 is 1.47 bits per heavy atom. The number of hydrazine groups is 1.